The fraction of sp³-hybridized carbons (Fsp3) is 0.136. The summed E-state index contributed by atoms with van der Waals surface area (Å²) in [7, 11) is -0.299. The molecular weight excluding hydrogens is 383 g/mol. The number of ether oxygens (including phenoxy) is 1. The van der Waals surface area contributed by atoms with Crippen molar-refractivity contribution in [2.75, 3.05) is 14.2 Å². The van der Waals surface area contributed by atoms with Crippen molar-refractivity contribution in [1.82, 2.24) is 0 Å². The minimum atomic E-state index is -3.67. The van der Waals surface area contributed by atoms with Gasteiger partial charge in [0, 0.05) is 12.2 Å². The number of aryl methyl sites for hydroxylation is 1. The maximum Gasteiger partial charge on any atom is 0.762 e. The van der Waals surface area contributed by atoms with E-state index in [-0.39, 0.29) is 4.70 Å². The molecule has 2 aromatic rings. The smallest absolute Gasteiger partial charge is 0.762 e. The highest BCUT2D eigenvalue weighted by atomic mass is 19.4. The summed E-state index contributed by atoms with van der Waals surface area (Å²) in [6.07, 6.45) is 8.18. The van der Waals surface area contributed by atoms with Crippen molar-refractivity contribution in [3.8, 4) is 5.75 Å². The third-order valence-electron chi connectivity index (χ3n) is 4.10. The fourth-order valence-electron chi connectivity index (χ4n) is 2.74. The van der Waals surface area contributed by atoms with Crippen molar-refractivity contribution in [2.45, 2.75) is 6.92 Å². The van der Waals surface area contributed by atoms with E-state index in [1.165, 1.54) is 16.7 Å². The Kier molecular flexibility index (Phi) is 9.65. The summed E-state index contributed by atoms with van der Waals surface area (Å²) in [6.45, 7) is 2.10. The van der Waals surface area contributed by atoms with Crippen LogP contribution in [0.3, 0.4) is 0 Å². The second kappa shape index (κ2) is 11.7. The van der Waals surface area contributed by atoms with Crippen molar-refractivity contribution in [2.24, 2.45) is 0 Å². The molecule has 2 nitrogen and oxygen atoms in total. The zero-order valence-corrected chi connectivity index (χ0v) is 16.3. The summed E-state index contributed by atoms with van der Waals surface area (Å²) in [5.41, 5.74) is 5.95. The molecule has 1 aliphatic rings. The summed E-state index contributed by atoms with van der Waals surface area (Å²) in [5.74, 6) is 1.72. The Hall–Kier alpha value is -3.09. The number of hydrogen-bond donors (Lipinski definition) is 0. The van der Waals surface area contributed by atoms with Gasteiger partial charge in [-0.2, -0.15) is 0 Å². The van der Waals surface area contributed by atoms with Crippen LogP contribution in [0.2, 0.25) is 0 Å². The number of benzene rings is 2. The van der Waals surface area contributed by atoms with Gasteiger partial charge in [0.25, 0.3) is 7.11 Å². The van der Waals surface area contributed by atoms with E-state index >= 15 is 0 Å². The van der Waals surface area contributed by atoms with Gasteiger partial charge in [0.1, 0.15) is 5.75 Å². The SMILES string of the molecule is COc1ccc(C(=C2C=CC(=[O+]C)C=C2)c2ccc(C)cc2)cc1.FB(F)F.[F-]. The topological polar surface area (TPSA) is 20.5 Å². The highest BCUT2D eigenvalue weighted by Gasteiger charge is 2.13. The van der Waals surface area contributed by atoms with Crippen LogP contribution in [0.25, 0.3) is 5.57 Å². The molecule has 0 radical (unpaired) electrons. The maximum atomic E-state index is 9.67. The molecule has 0 amide bonds. The molecule has 7 heteroatoms. The van der Waals surface area contributed by atoms with E-state index in [0.29, 0.717) is 0 Å². The van der Waals surface area contributed by atoms with Crippen molar-refractivity contribution < 1.29 is 26.8 Å². The number of ketones is 1. The van der Waals surface area contributed by atoms with Gasteiger partial charge in [0.05, 0.1) is 7.11 Å². The zero-order valence-electron chi connectivity index (χ0n) is 16.3. The van der Waals surface area contributed by atoms with E-state index in [1.807, 2.05) is 24.3 Å². The van der Waals surface area contributed by atoms with Crippen molar-refractivity contribution in [3.05, 3.63) is 95.1 Å². The van der Waals surface area contributed by atoms with Crippen LogP contribution >= 0.6 is 0 Å². The number of rotatable bonds is 3. The Labute approximate surface area is 168 Å². The number of methoxy groups -OCH3 is 1. The predicted octanol–water partition coefficient (Wildman–Crippen LogP) is 2.55. The van der Waals surface area contributed by atoms with Gasteiger partial charge < -0.3 is 9.44 Å². The van der Waals surface area contributed by atoms with Crippen LogP contribution in [0.15, 0.2) is 78.4 Å². The molecule has 0 bridgehead atoms. The van der Waals surface area contributed by atoms with Crippen LogP contribution in [0.4, 0.5) is 12.9 Å². The molecule has 152 valence electrons. The second-order valence-electron chi connectivity index (χ2n) is 5.95. The molecule has 0 fully saturated rings. The third kappa shape index (κ3) is 7.10. The quantitative estimate of drug-likeness (QED) is 0.438. The number of allylic oxidation sites excluding steroid dienone is 5. The van der Waals surface area contributed by atoms with E-state index in [0.717, 1.165) is 22.7 Å². The first-order chi connectivity index (χ1) is 13.4. The molecule has 0 saturated heterocycles. The fourth-order valence-corrected chi connectivity index (χ4v) is 2.74. The number of halogens is 4. The molecule has 29 heavy (non-hydrogen) atoms. The van der Waals surface area contributed by atoms with E-state index in [2.05, 4.69) is 55.5 Å². The first-order valence-corrected chi connectivity index (χ1v) is 8.59. The van der Waals surface area contributed by atoms with Gasteiger partial charge in [-0.25, -0.2) is 0 Å². The molecule has 0 spiro atoms. The molecule has 1 aliphatic carbocycles. The zero-order chi connectivity index (χ0) is 20.5. The lowest BCUT2D eigenvalue weighted by Gasteiger charge is -2.14. The van der Waals surface area contributed by atoms with E-state index in [1.54, 1.807) is 14.2 Å². The second-order valence-corrected chi connectivity index (χ2v) is 5.95. The van der Waals surface area contributed by atoms with Gasteiger partial charge >= 0.3 is 13.3 Å². The lowest BCUT2D eigenvalue weighted by molar-refractivity contribution is -0.417. The maximum absolute atomic E-state index is 9.67. The molecule has 2 aromatic carbocycles. The molecule has 0 atom stereocenters. The summed E-state index contributed by atoms with van der Waals surface area (Å²) >= 11 is 0. The Bertz CT molecular complexity index is 879. The Morgan fingerprint density at radius 3 is 1.69 bits per heavy atom. The van der Waals surface area contributed by atoms with Gasteiger partial charge in [-0.3, -0.25) is 17.4 Å². The average molecular weight is 404 g/mol. The Morgan fingerprint density at radius 1 is 0.828 bits per heavy atom. The van der Waals surface area contributed by atoms with Crippen LogP contribution in [0.1, 0.15) is 16.7 Å². The van der Waals surface area contributed by atoms with Crippen LogP contribution in [-0.2, 0) is 4.42 Å². The lowest BCUT2D eigenvalue weighted by Crippen LogP contribution is -3.00. The highest BCUT2D eigenvalue weighted by Crippen LogP contribution is 2.30. The van der Waals surface area contributed by atoms with Gasteiger partial charge in [-0.05, 0) is 53.5 Å². The Balaban J connectivity index is 0.000000771. The predicted molar refractivity (Wildman–Crippen MR) is 108 cm³/mol. The molecular formula is C22H21BF4O2. The highest BCUT2D eigenvalue weighted by molar-refractivity contribution is 6.33. The van der Waals surface area contributed by atoms with E-state index in [9.17, 15) is 12.9 Å². The third-order valence-corrected chi connectivity index (χ3v) is 4.10. The van der Waals surface area contributed by atoms with Crippen molar-refractivity contribution in [1.29, 1.82) is 0 Å². The molecule has 0 aromatic heterocycles. The summed E-state index contributed by atoms with van der Waals surface area (Å²) in [6, 6.07) is 16.8. The summed E-state index contributed by atoms with van der Waals surface area (Å²) < 4.78 is 39.6. The van der Waals surface area contributed by atoms with Crippen LogP contribution < -0.4 is 9.44 Å². The molecule has 0 heterocycles. The van der Waals surface area contributed by atoms with Gasteiger partial charge in [0.2, 0.25) is 0 Å². The van der Waals surface area contributed by atoms with Gasteiger partial charge in [0.15, 0.2) is 0 Å². The van der Waals surface area contributed by atoms with Gasteiger partial charge in [-0.15, -0.1) is 0 Å². The van der Waals surface area contributed by atoms with Gasteiger partial charge in [-0.1, -0.05) is 42.0 Å². The molecule has 3 rings (SSSR count). The van der Waals surface area contributed by atoms with E-state index < -0.39 is 7.54 Å². The molecule has 0 aliphatic heterocycles. The van der Waals surface area contributed by atoms with Crippen molar-refractivity contribution >= 4 is 18.9 Å². The normalized spacial score (nSPS) is 11.8. The van der Waals surface area contributed by atoms with Crippen LogP contribution in [-0.4, -0.2) is 27.5 Å². The molecule has 0 unspecified atom stereocenters. The Morgan fingerprint density at radius 2 is 1.28 bits per heavy atom. The molecule has 0 N–H and O–H groups in total. The number of hydrogen-bond acceptors (Lipinski definition) is 1. The minimum Gasteiger partial charge on any atom is -1.00 e. The van der Waals surface area contributed by atoms with Crippen molar-refractivity contribution in [3.63, 3.8) is 0 Å². The first-order valence-electron chi connectivity index (χ1n) is 8.59. The lowest BCUT2D eigenvalue weighted by atomic mass is 9.90. The van der Waals surface area contributed by atoms with Crippen LogP contribution in [0, 0.1) is 6.92 Å². The standard InChI is InChI=1S/C22H21O2.BF3.FH/c1-16-4-6-17(7-5-16)22(18-8-12-20(23-2)13-9-18)19-10-14-21(24-3)15-11-19;2-1(3)4;/h4-15H,1-3H3;;1H/q+1;;/p-1. The first kappa shape index (κ1) is 24.0. The largest absolute Gasteiger partial charge is 1.00 e. The minimum absolute atomic E-state index is 0. The number of carbonyl (C=O) groups excluding carboxylic acids is 1. The van der Waals surface area contributed by atoms with E-state index in [4.69, 9.17) is 9.16 Å². The summed E-state index contributed by atoms with van der Waals surface area (Å²) in [5, 5.41) is 0. The summed E-state index contributed by atoms with van der Waals surface area (Å²) in [4.78, 5) is 0. The van der Waals surface area contributed by atoms with Crippen LogP contribution in [0.5, 0.6) is 5.75 Å². The molecule has 0 saturated carbocycles. The average Bonchev–Trinajstić information content (AvgIpc) is 2.70. The monoisotopic (exact) mass is 404 g/mol.